The highest BCUT2D eigenvalue weighted by Gasteiger charge is 2.34. The molecule has 0 amide bonds. The van der Waals surface area contributed by atoms with Gasteiger partial charge in [-0.25, -0.2) is 0 Å². The third-order valence-corrected chi connectivity index (χ3v) is 3.15. The molecule has 0 fully saturated rings. The fourth-order valence-corrected chi connectivity index (χ4v) is 1.34. The van der Waals surface area contributed by atoms with Crippen molar-refractivity contribution in [3.05, 3.63) is 0 Å². The number of nitrogens with zero attached hydrogens (tertiary/aromatic N) is 1. The molecule has 0 rings (SSSR count). The van der Waals surface area contributed by atoms with E-state index < -0.39 is 20.2 Å². The molecule has 0 heterocycles. The van der Waals surface area contributed by atoms with Crippen molar-refractivity contribution >= 4 is 45.0 Å². The Kier molecular flexibility index (Phi) is 4.72. The number of rotatable bonds is 3. The number of alkyl halides is 3. The van der Waals surface area contributed by atoms with Gasteiger partial charge in [-0.3, -0.25) is 0 Å². The molecule has 0 saturated heterocycles. The third kappa shape index (κ3) is 4.64. The van der Waals surface area contributed by atoms with Gasteiger partial charge in [0.1, 0.15) is 0 Å². The molecule has 0 aliphatic carbocycles. The molecule has 5 nitrogen and oxygen atoms in total. The van der Waals surface area contributed by atoms with E-state index in [1.54, 1.807) is 4.72 Å². The molecule has 13 heavy (non-hydrogen) atoms. The van der Waals surface area contributed by atoms with Gasteiger partial charge in [0.05, 0.1) is 0 Å². The minimum absolute atomic E-state index is 0.840. The fourth-order valence-electron chi connectivity index (χ4n) is 0.313. The van der Waals surface area contributed by atoms with Gasteiger partial charge >= 0.3 is 0 Å². The molecule has 1 atom stereocenters. The summed E-state index contributed by atoms with van der Waals surface area (Å²) < 4.78 is 22.6. The van der Waals surface area contributed by atoms with Crippen LogP contribution in [0.1, 0.15) is 0 Å². The zero-order chi connectivity index (χ0) is 10.9. The van der Waals surface area contributed by atoms with Crippen molar-refractivity contribution in [2.45, 2.75) is 10.0 Å². The first-order chi connectivity index (χ1) is 5.57. The average molecular weight is 272 g/mol. The van der Waals surface area contributed by atoms with Crippen molar-refractivity contribution in [3.8, 4) is 0 Å². The largest absolute Gasteiger partial charge is 0.373 e. The van der Waals surface area contributed by atoms with Crippen LogP contribution in [0.5, 0.6) is 0 Å². The predicted molar refractivity (Wildman–Crippen MR) is 52.0 cm³/mol. The van der Waals surface area contributed by atoms with Crippen molar-refractivity contribution in [3.63, 3.8) is 0 Å². The second-order valence-electron chi connectivity index (χ2n) is 2.35. The van der Waals surface area contributed by atoms with Gasteiger partial charge in [-0.1, -0.05) is 34.8 Å². The van der Waals surface area contributed by atoms with Crippen LogP contribution in [0, 0.1) is 0 Å². The van der Waals surface area contributed by atoms with E-state index >= 15 is 0 Å². The molecule has 0 bridgehead atoms. The van der Waals surface area contributed by atoms with Gasteiger partial charge in [0.2, 0.25) is 3.79 Å². The number of hydrogen-bond donors (Lipinski definition) is 2. The summed E-state index contributed by atoms with van der Waals surface area (Å²) in [6.07, 6.45) is -1.79. The molecule has 0 aromatic rings. The van der Waals surface area contributed by atoms with Crippen LogP contribution in [0.25, 0.3) is 0 Å². The third-order valence-electron chi connectivity index (χ3n) is 1.05. The van der Waals surface area contributed by atoms with Crippen molar-refractivity contribution in [2.24, 2.45) is 0 Å². The van der Waals surface area contributed by atoms with Crippen LogP contribution >= 0.6 is 34.8 Å². The number of hydrogen-bond acceptors (Lipinski definition) is 3. The Balaban J connectivity index is 4.48. The number of nitrogens with one attached hydrogen (secondary N) is 1. The monoisotopic (exact) mass is 270 g/mol. The van der Waals surface area contributed by atoms with Gasteiger partial charge in [0.15, 0.2) is 6.23 Å². The normalized spacial score (nSPS) is 16.2. The Morgan fingerprint density at radius 3 is 2.00 bits per heavy atom. The first-order valence-corrected chi connectivity index (χ1v) is 5.59. The molecule has 0 spiro atoms. The smallest absolute Gasteiger partial charge is 0.281 e. The summed E-state index contributed by atoms with van der Waals surface area (Å²) in [5.41, 5.74) is 0. The number of halogens is 3. The lowest BCUT2D eigenvalue weighted by Crippen LogP contribution is -2.47. The molecule has 0 saturated carbocycles. The molecular formula is C4H9Cl3N2O3S. The Morgan fingerprint density at radius 1 is 1.38 bits per heavy atom. The van der Waals surface area contributed by atoms with Crippen LogP contribution in [0.4, 0.5) is 0 Å². The molecule has 0 radical (unpaired) electrons. The van der Waals surface area contributed by atoms with Gasteiger partial charge in [-0.2, -0.15) is 17.4 Å². The Labute approximate surface area is 91.7 Å². The molecule has 80 valence electrons. The first-order valence-electron chi connectivity index (χ1n) is 3.02. The standard InChI is InChI=1S/C4H9Cl3N2O3S/c1-9(2)13(11,12)8-3(10)4(5,6)7/h3,8,10H,1-2H3. The quantitative estimate of drug-likeness (QED) is 0.564. The summed E-state index contributed by atoms with van der Waals surface area (Å²) in [7, 11) is -1.26. The highest BCUT2D eigenvalue weighted by molar-refractivity contribution is 7.87. The lowest BCUT2D eigenvalue weighted by molar-refractivity contribution is 0.165. The molecule has 0 aromatic heterocycles. The van der Waals surface area contributed by atoms with Gasteiger partial charge < -0.3 is 5.11 Å². The molecule has 0 aromatic carbocycles. The first kappa shape index (κ1) is 13.7. The molecule has 2 N–H and O–H groups in total. The van der Waals surface area contributed by atoms with Gasteiger partial charge in [-0.05, 0) is 0 Å². The fraction of sp³-hybridized carbons (Fsp3) is 1.00. The van der Waals surface area contributed by atoms with Gasteiger partial charge in [-0.15, -0.1) is 0 Å². The van der Waals surface area contributed by atoms with Crippen LogP contribution < -0.4 is 4.72 Å². The van der Waals surface area contributed by atoms with Crippen molar-refractivity contribution in [1.82, 2.24) is 9.03 Å². The van der Waals surface area contributed by atoms with Crippen molar-refractivity contribution in [1.29, 1.82) is 0 Å². The Bertz CT molecular complexity index is 260. The van der Waals surface area contributed by atoms with Crippen LogP contribution in [0.3, 0.4) is 0 Å². The minimum atomic E-state index is -3.80. The van der Waals surface area contributed by atoms with E-state index in [0.29, 0.717) is 0 Å². The van der Waals surface area contributed by atoms with Crippen LogP contribution in [0.2, 0.25) is 0 Å². The van der Waals surface area contributed by atoms with E-state index in [2.05, 4.69) is 0 Å². The lowest BCUT2D eigenvalue weighted by atomic mass is 10.7. The number of aliphatic hydroxyl groups excluding tert-OH is 1. The van der Waals surface area contributed by atoms with E-state index in [4.69, 9.17) is 39.9 Å². The van der Waals surface area contributed by atoms with E-state index in [9.17, 15) is 8.42 Å². The van der Waals surface area contributed by atoms with Gasteiger partial charge in [0, 0.05) is 14.1 Å². The average Bonchev–Trinajstić information content (AvgIpc) is 1.83. The maximum Gasteiger partial charge on any atom is 0.281 e. The maximum absolute atomic E-state index is 11.1. The molecular weight excluding hydrogens is 262 g/mol. The summed E-state index contributed by atoms with van der Waals surface area (Å²) >= 11 is 15.7. The summed E-state index contributed by atoms with van der Waals surface area (Å²) in [5, 5.41) is 9.06. The minimum Gasteiger partial charge on any atom is -0.373 e. The topological polar surface area (TPSA) is 69.6 Å². The number of aliphatic hydroxyl groups is 1. The Hall–Kier alpha value is 0.700. The highest BCUT2D eigenvalue weighted by Crippen LogP contribution is 2.29. The second kappa shape index (κ2) is 4.48. The zero-order valence-electron chi connectivity index (χ0n) is 6.83. The molecule has 9 heteroatoms. The second-order valence-corrected chi connectivity index (χ2v) is 6.63. The maximum atomic E-state index is 11.1. The molecule has 0 aliphatic heterocycles. The van der Waals surface area contributed by atoms with E-state index in [1.165, 1.54) is 14.1 Å². The van der Waals surface area contributed by atoms with E-state index in [0.717, 1.165) is 4.31 Å². The summed E-state index contributed by atoms with van der Waals surface area (Å²) in [5.74, 6) is 0. The summed E-state index contributed by atoms with van der Waals surface area (Å²) in [6.45, 7) is 0. The van der Waals surface area contributed by atoms with E-state index in [-0.39, 0.29) is 0 Å². The van der Waals surface area contributed by atoms with Crippen molar-refractivity contribution in [2.75, 3.05) is 14.1 Å². The molecule has 0 aliphatic rings. The van der Waals surface area contributed by atoms with Crippen LogP contribution in [0.15, 0.2) is 0 Å². The van der Waals surface area contributed by atoms with E-state index in [1.807, 2.05) is 0 Å². The SMILES string of the molecule is CN(C)S(=O)(=O)NC(O)C(Cl)(Cl)Cl. The summed E-state index contributed by atoms with van der Waals surface area (Å²) in [4.78, 5) is 0. The summed E-state index contributed by atoms with van der Waals surface area (Å²) in [6, 6.07) is 0. The van der Waals surface area contributed by atoms with Crippen LogP contribution in [-0.4, -0.2) is 41.9 Å². The van der Waals surface area contributed by atoms with Gasteiger partial charge in [0.25, 0.3) is 10.2 Å². The van der Waals surface area contributed by atoms with Crippen LogP contribution in [-0.2, 0) is 10.2 Å². The lowest BCUT2D eigenvalue weighted by Gasteiger charge is -2.21. The predicted octanol–water partition coefficient (Wildman–Crippen LogP) is 0.0710. The molecule has 1 unspecified atom stereocenters. The highest BCUT2D eigenvalue weighted by atomic mass is 35.6. The Morgan fingerprint density at radius 2 is 1.77 bits per heavy atom. The van der Waals surface area contributed by atoms with Crippen molar-refractivity contribution < 1.29 is 13.5 Å². The zero-order valence-corrected chi connectivity index (χ0v) is 9.91.